The van der Waals surface area contributed by atoms with Gasteiger partial charge in [0, 0.05) is 6.54 Å². The molecule has 0 aliphatic carbocycles. The number of aliphatic hydroxyl groups is 1. The number of amides is 3. The van der Waals surface area contributed by atoms with Gasteiger partial charge in [-0.15, -0.1) is 0 Å². The number of aliphatic hydroxyl groups excluding tert-OH is 1. The SMILES string of the molecule is C=Cc1cccc(C(C(=O)NCC(=O)OC)N(CCCCC)C(=O)C(CO)NC(=O)OC(C)(C)C)c1. The van der Waals surface area contributed by atoms with E-state index in [1.165, 1.54) is 12.0 Å². The summed E-state index contributed by atoms with van der Waals surface area (Å²) in [4.78, 5) is 52.3. The first-order valence-electron chi connectivity index (χ1n) is 11.9. The van der Waals surface area contributed by atoms with Gasteiger partial charge in [-0.1, -0.05) is 50.6 Å². The molecule has 1 rings (SSSR count). The lowest BCUT2D eigenvalue weighted by Gasteiger charge is -2.34. The second kappa shape index (κ2) is 14.9. The molecule has 1 aromatic carbocycles. The molecule has 36 heavy (non-hydrogen) atoms. The highest BCUT2D eigenvalue weighted by molar-refractivity contribution is 5.93. The summed E-state index contributed by atoms with van der Waals surface area (Å²) >= 11 is 0. The summed E-state index contributed by atoms with van der Waals surface area (Å²) in [6, 6.07) is 4.43. The van der Waals surface area contributed by atoms with Crippen molar-refractivity contribution in [1.82, 2.24) is 15.5 Å². The standard InChI is InChI=1S/C26H39N3O7/c1-7-9-10-14-29(24(33)20(17-30)28-25(34)36-26(3,4)5)22(23(32)27-16-21(31)35-6)19-13-11-12-18(8-2)15-19/h8,11-13,15,20,22,30H,2,7,9-10,14,16-17H2,1,3-6H3,(H,27,32)(H,28,34). The lowest BCUT2D eigenvalue weighted by atomic mass is 10.00. The van der Waals surface area contributed by atoms with E-state index in [-0.39, 0.29) is 13.1 Å². The quantitative estimate of drug-likeness (QED) is 0.277. The molecule has 0 radical (unpaired) electrons. The molecule has 10 heteroatoms. The average molecular weight is 506 g/mol. The van der Waals surface area contributed by atoms with E-state index in [4.69, 9.17) is 4.74 Å². The lowest BCUT2D eigenvalue weighted by molar-refractivity contribution is -0.145. The zero-order valence-corrected chi connectivity index (χ0v) is 21.8. The molecule has 2 unspecified atom stereocenters. The van der Waals surface area contributed by atoms with E-state index in [0.29, 0.717) is 12.0 Å². The number of unbranched alkanes of at least 4 members (excludes halogenated alkanes) is 2. The molecule has 0 aliphatic rings. The molecule has 0 fully saturated rings. The normalized spacial score (nSPS) is 12.6. The molecule has 3 amide bonds. The molecule has 0 aliphatic heterocycles. The first kappa shape index (κ1) is 30.6. The van der Waals surface area contributed by atoms with E-state index in [0.717, 1.165) is 18.4 Å². The van der Waals surface area contributed by atoms with Crippen LogP contribution in [0.2, 0.25) is 0 Å². The zero-order valence-electron chi connectivity index (χ0n) is 21.8. The summed E-state index contributed by atoms with van der Waals surface area (Å²) in [6.07, 6.45) is 2.97. The fraction of sp³-hybridized carbons (Fsp3) is 0.538. The summed E-state index contributed by atoms with van der Waals surface area (Å²) in [5, 5.41) is 14.9. The molecule has 3 N–H and O–H groups in total. The number of hydrogen-bond donors (Lipinski definition) is 3. The largest absolute Gasteiger partial charge is 0.468 e. The van der Waals surface area contributed by atoms with Crippen LogP contribution in [-0.4, -0.2) is 72.3 Å². The van der Waals surface area contributed by atoms with Crippen molar-refractivity contribution in [3.05, 3.63) is 42.0 Å². The van der Waals surface area contributed by atoms with E-state index in [1.807, 2.05) is 6.92 Å². The number of carbonyl (C=O) groups excluding carboxylic acids is 4. The van der Waals surface area contributed by atoms with Gasteiger partial charge >= 0.3 is 12.1 Å². The smallest absolute Gasteiger partial charge is 0.408 e. The van der Waals surface area contributed by atoms with Crippen molar-refractivity contribution in [3.63, 3.8) is 0 Å². The van der Waals surface area contributed by atoms with Gasteiger partial charge in [0.25, 0.3) is 0 Å². The van der Waals surface area contributed by atoms with Crippen LogP contribution in [0, 0.1) is 0 Å². The Morgan fingerprint density at radius 1 is 1.19 bits per heavy atom. The third-order valence-corrected chi connectivity index (χ3v) is 5.11. The van der Waals surface area contributed by atoms with Crippen LogP contribution < -0.4 is 10.6 Å². The highest BCUT2D eigenvalue weighted by Gasteiger charge is 2.36. The van der Waals surface area contributed by atoms with E-state index < -0.39 is 48.2 Å². The van der Waals surface area contributed by atoms with E-state index in [9.17, 15) is 24.3 Å². The molecule has 0 saturated carbocycles. The van der Waals surface area contributed by atoms with E-state index in [2.05, 4.69) is 21.9 Å². The topological polar surface area (TPSA) is 134 Å². The summed E-state index contributed by atoms with van der Waals surface area (Å²) < 4.78 is 9.83. The molecule has 200 valence electrons. The van der Waals surface area contributed by atoms with Crippen molar-refractivity contribution in [2.45, 2.75) is 64.6 Å². The van der Waals surface area contributed by atoms with Crippen LogP contribution in [0.1, 0.15) is 64.1 Å². The number of carbonyl (C=O) groups is 4. The lowest BCUT2D eigenvalue weighted by Crippen LogP contribution is -2.54. The van der Waals surface area contributed by atoms with Gasteiger partial charge in [0.1, 0.15) is 24.2 Å². The van der Waals surface area contributed by atoms with Crippen molar-refractivity contribution in [2.24, 2.45) is 0 Å². The monoisotopic (exact) mass is 505 g/mol. The van der Waals surface area contributed by atoms with Gasteiger partial charge in [-0.3, -0.25) is 14.4 Å². The van der Waals surface area contributed by atoms with Gasteiger partial charge in [0.2, 0.25) is 11.8 Å². The number of ether oxygens (including phenoxy) is 2. The molecule has 0 heterocycles. The number of nitrogens with one attached hydrogen (secondary N) is 2. The molecular formula is C26H39N3O7. The van der Waals surface area contributed by atoms with Crippen molar-refractivity contribution in [1.29, 1.82) is 0 Å². The second-order valence-electron chi connectivity index (χ2n) is 9.19. The molecule has 0 saturated heterocycles. The Bertz CT molecular complexity index is 911. The van der Waals surface area contributed by atoms with E-state index in [1.54, 1.807) is 51.1 Å². The van der Waals surface area contributed by atoms with Crippen LogP contribution in [0.4, 0.5) is 4.79 Å². The Morgan fingerprint density at radius 3 is 2.44 bits per heavy atom. The van der Waals surface area contributed by atoms with Crippen LogP contribution in [-0.2, 0) is 23.9 Å². The first-order chi connectivity index (χ1) is 17.0. The molecule has 10 nitrogen and oxygen atoms in total. The van der Waals surface area contributed by atoms with Crippen molar-refractivity contribution >= 4 is 30.0 Å². The summed E-state index contributed by atoms with van der Waals surface area (Å²) in [5.41, 5.74) is 0.397. The van der Waals surface area contributed by atoms with Gasteiger partial charge in [0.05, 0.1) is 13.7 Å². The first-order valence-corrected chi connectivity index (χ1v) is 11.9. The number of nitrogens with zero attached hydrogens (tertiary/aromatic N) is 1. The van der Waals surface area contributed by atoms with Crippen LogP contribution in [0.3, 0.4) is 0 Å². The number of rotatable bonds is 13. The van der Waals surface area contributed by atoms with Crippen LogP contribution >= 0.6 is 0 Å². The maximum atomic E-state index is 13.6. The maximum Gasteiger partial charge on any atom is 0.408 e. The predicted octanol–water partition coefficient (Wildman–Crippen LogP) is 2.56. The Hall–Kier alpha value is -3.40. The minimum Gasteiger partial charge on any atom is -0.468 e. The second-order valence-corrected chi connectivity index (χ2v) is 9.19. The molecule has 0 bridgehead atoms. The van der Waals surface area contributed by atoms with Crippen molar-refractivity contribution in [2.75, 3.05) is 26.8 Å². The highest BCUT2D eigenvalue weighted by Crippen LogP contribution is 2.25. The minimum atomic E-state index is -1.35. The fourth-order valence-corrected chi connectivity index (χ4v) is 3.39. The Labute approximate surface area is 213 Å². The number of methoxy groups -OCH3 is 1. The number of esters is 1. The average Bonchev–Trinajstić information content (AvgIpc) is 2.83. The Morgan fingerprint density at radius 2 is 1.89 bits per heavy atom. The van der Waals surface area contributed by atoms with Gasteiger partial charge in [0.15, 0.2) is 0 Å². The minimum absolute atomic E-state index is 0.174. The van der Waals surface area contributed by atoms with Crippen LogP contribution in [0.5, 0.6) is 0 Å². The maximum absolute atomic E-state index is 13.6. The summed E-state index contributed by atoms with van der Waals surface area (Å²) in [5.74, 6) is -1.92. The van der Waals surface area contributed by atoms with Gasteiger partial charge in [-0.25, -0.2) is 4.79 Å². The van der Waals surface area contributed by atoms with Gasteiger partial charge < -0.3 is 30.1 Å². The van der Waals surface area contributed by atoms with Crippen LogP contribution in [0.25, 0.3) is 6.08 Å². The molecule has 0 aromatic heterocycles. The van der Waals surface area contributed by atoms with E-state index >= 15 is 0 Å². The van der Waals surface area contributed by atoms with Gasteiger partial charge in [-0.05, 0) is 44.4 Å². The molecule has 1 aromatic rings. The summed E-state index contributed by atoms with van der Waals surface area (Å²) in [6.45, 7) is 9.86. The molecule has 0 spiro atoms. The summed E-state index contributed by atoms with van der Waals surface area (Å²) in [7, 11) is 1.20. The Balaban J connectivity index is 3.42. The zero-order chi connectivity index (χ0) is 27.3. The third kappa shape index (κ3) is 10.1. The Kier molecular flexibility index (Phi) is 12.7. The van der Waals surface area contributed by atoms with Crippen molar-refractivity contribution < 1.29 is 33.8 Å². The number of hydrogen-bond acceptors (Lipinski definition) is 7. The number of benzene rings is 1. The third-order valence-electron chi connectivity index (χ3n) is 5.11. The molecule has 2 atom stereocenters. The van der Waals surface area contributed by atoms with Crippen LogP contribution in [0.15, 0.2) is 30.8 Å². The fourth-order valence-electron chi connectivity index (χ4n) is 3.39. The van der Waals surface area contributed by atoms with Gasteiger partial charge in [-0.2, -0.15) is 0 Å². The number of alkyl carbamates (subject to hydrolysis) is 1. The predicted molar refractivity (Wildman–Crippen MR) is 136 cm³/mol. The molecular weight excluding hydrogens is 466 g/mol. The highest BCUT2D eigenvalue weighted by atomic mass is 16.6. The van der Waals surface area contributed by atoms with Crippen molar-refractivity contribution in [3.8, 4) is 0 Å².